The lowest BCUT2D eigenvalue weighted by Gasteiger charge is -2.14. The number of anilines is 1. The van der Waals surface area contributed by atoms with Gasteiger partial charge < -0.3 is 10.3 Å². The Balaban J connectivity index is 2.29. The van der Waals surface area contributed by atoms with Gasteiger partial charge in [0.25, 0.3) is 5.89 Å². The first-order chi connectivity index (χ1) is 8.33. The first-order valence-corrected chi connectivity index (χ1v) is 6.52. The Bertz CT molecular complexity index is 537. The van der Waals surface area contributed by atoms with Gasteiger partial charge in [-0.2, -0.15) is 4.98 Å². The van der Waals surface area contributed by atoms with E-state index in [1.807, 2.05) is 18.2 Å². The van der Waals surface area contributed by atoms with Gasteiger partial charge in [-0.15, -0.1) is 0 Å². The van der Waals surface area contributed by atoms with Crippen molar-refractivity contribution in [2.24, 2.45) is 5.41 Å². The van der Waals surface area contributed by atoms with Gasteiger partial charge in [-0.1, -0.05) is 41.9 Å². The van der Waals surface area contributed by atoms with Gasteiger partial charge in [-0.25, -0.2) is 0 Å². The maximum atomic E-state index is 5.79. The number of aromatic nitrogens is 2. The van der Waals surface area contributed by atoms with Crippen molar-refractivity contribution in [3.05, 3.63) is 28.5 Å². The SMILES string of the molecule is CC(C)(C)Cc1noc(-c2cc(N)cc(Br)c2)n1. The van der Waals surface area contributed by atoms with Crippen LogP contribution in [0.3, 0.4) is 0 Å². The number of benzene rings is 1. The van der Waals surface area contributed by atoms with Crippen molar-refractivity contribution < 1.29 is 4.52 Å². The second-order valence-electron chi connectivity index (χ2n) is 5.53. The Hall–Kier alpha value is -1.36. The lowest BCUT2D eigenvalue weighted by atomic mass is 9.92. The average Bonchev–Trinajstić information content (AvgIpc) is 2.61. The molecule has 0 aliphatic heterocycles. The molecule has 0 saturated heterocycles. The van der Waals surface area contributed by atoms with E-state index in [1.165, 1.54) is 0 Å². The smallest absolute Gasteiger partial charge is 0.258 e. The maximum Gasteiger partial charge on any atom is 0.258 e. The average molecular weight is 310 g/mol. The van der Waals surface area contributed by atoms with Crippen molar-refractivity contribution in [3.63, 3.8) is 0 Å². The molecule has 2 rings (SSSR count). The van der Waals surface area contributed by atoms with Crippen LogP contribution in [-0.4, -0.2) is 10.1 Å². The zero-order valence-electron chi connectivity index (χ0n) is 10.7. The predicted octanol–water partition coefficient (Wildman–Crippen LogP) is 3.67. The molecule has 18 heavy (non-hydrogen) atoms. The van der Waals surface area contributed by atoms with Gasteiger partial charge in [0.15, 0.2) is 5.82 Å². The van der Waals surface area contributed by atoms with E-state index in [2.05, 4.69) is 46.8 Å². The molecular formula is C13H16BrN3O. The molecular weight excluding hydrogens is 294 g/mol. The molecule has 2 N–H and O–H groups in total. The van der Waals surface area contributed by atoms with Gasteiger partial charge in [-0.05, 0) is 23.6 Å². The van der Waals surface area contributed by atoms with Crippen LogP contribution in [-0.2, 0) is 6.42 Å². The summed E-state index contributed by atoms with van der Waals surface area (Å²) in [6, 6.07) is 5.56. The van der Waals surface area contributed by atoms with Crippen LogP contribution in [0.15, 0.2) is 27.2 Å². The van der Waals surface area contributed by atoms with Crippen molar-refractivity contribution in [2.75, 3.05) is 5.73 Å². The number of nitrogen functional groups attached to an aromatic ring is 1. The van der Waals surface area contributed by atoms with E-state index in [4.69, 9.17) is 10.3 Å². The monoisotopic (exact) mass is 309 g/mol. The summed E-state index contributed by atoms with van der Waals surface area (Å²) in [5.74, 6) is 1.22. The van der Waals surface area contributed by atoms with Gasteiger partial charge >= 0.3 is 0 Å². The van der Waals surface area contributed by atoms with E-state index < -0.39 is 0 Å². The first kappa shape index (κ1) is 13.1. The summed E-state index contributed by atoms with van der Waals surface area (Å²) < 4.78 is 6.17. The van der Waals surface area contributed by atoms with Crippen molar-refractivity contribution in [2.45, 2.75) is 27.2 Å². The molecule has 2 aromatic rings. The summed E-state index contributed by atoms with van der Waals surface area (Å²) in [6.45, 7) is 6.42. The number of halogens is 1. The zero-order valence-corrected chi connectivity index (χ0v) is 12.3. The van der Waals surface area contributed by atoms with Gasteiger partial charge in [0.1, 0.15) is 0 Å². The molecule has 4 nitrogen and oxygen atoms in total. The van der Waals surface area contributed by atoms with E-state index in [0.29, 0.717) is 11.6 Å². The summed E-state index contributed by atoms with van der Waals surface area (Å²) in [5.41, 5.74) is 7.41. The molecule has 1 aromatic carbocycles. The van der Waals surface area contributed by atoms with E-state index in [-0.39, 0.29) is 5.41 Å². The second kappa shape index (κ2) is 4.72. The van der Waals surface area contributed by atoms with Gasteiger partial charge in [0.05, 0.1) is 0 Å². The van der Waals surface area contributed by atoms with Crippen LogP contribution in [0.2, 0.25) is 0 Å². The van der Waals surface area contributed by atoms with Crippen LogP contribution in [0.1, 0.15) is 26.6 Å². The molecule has 0 aliphatic rings. The number of hydrogen-bond donors (Lipinski definition) is 1. The van der Waals surface area contributed by atoms with E-state index in [9.17, 15) is 0 Å². The third-order valence-electron chi connectivity index (χ3n) is 2.32. The first-order valence-electron chi connectivity index (χ1n) is 5.72. The highest BCUT2D eigenvalue weighted by atomic mass is 79.9. The molecule has 0 saturated carbocycles. The van der Waals surface area contributed by atoms with Gasteiger partial charge in [0, 0.05) is 22.1 Å². The number of nitrogens with two attached hydrogens (primary N) is 1. The minimum Gasteiger partial charge on any atom is -0.399 e. The second-order valence-corrected chi connectivity index (χ2v) is 6.44. The molecule has 0 bridgehead atoms. The van der Waals surface area contributed by atoms with Crippen molar-refractivity contribution in [3.8, 4) is 11.5 Å². The Morgan fingerprint density at radius 2 is 2.00 bits per heavy atom. The highest BCUT2D eigenvalue weighted by molar-refractivity contribution is 9.10. The molecule has 0 unspecified atom stereocenters. The number of rotatable bonds is 2. The summed E-state index contributed by atoms with van der Waals surface area (Å²) in [5, 5.41) is 4.00. The highest BCUT2D eigenvalue weighted by Crippen LogP contribution is 2.26. The quantitative estimate of drug-likeness (QED) is 0.860. The number of hydrogen-bond acceptors (Lipinski definition) is 4. The normalized spacial score (nSPS) is 11.8. The molecule has 0 spiro atoms. The van der Waals surface area contributed by atoms with Crippen LogP contribution in [0.25, 0.3) is 11.5 Å². The van der Waals surface area contributed by atoms with E-state index in [0.717, 1.165) is 22.3 Å². The Kier molecular flexibility index (Phi) is 3.43. The molecule has 1 aromatic heterocycles. The summed E-state index contributed by atoms with van der Waals surface area (Å²) >= 11 is 3.40. The zero-order chi connectivity index (χ0) is 13.3. The van der Waals surface area contributed by atoms with Crippen LogP contribution in [0, 0.1) is 5.41 Å². The lowest BCUT2D eigenvalue weighted by molar-refractivity contribution is 0.374. The fraction of sp³-hybridized carbons (Fsp3) is 0.385. The minimum absolute atomic E-state index is 0.136. The Labute approximate surface area is 115 Å². The maximum absolute atomic E-state index is 5.79. The minimum atomic E-state index is 0.136. The van der Waals surface area contributed by atoms with Crippen LogP contribution in [0.4, 0.5) is 5.69 Å². The molecule has 5 heteroatoms. The third kappa shape index (κ3) is 3.32. The van der Waals surface area contributed by atoms with Crippen LogP contribution in [0.5, 0.6) is 0 Å². The summed E-state index contributed by atoms with van der Waals surface area (Å²) in [6.07, 6.45) is 0.778. The van der Waals surface area contributed by atoms with Crippen molar-refractivity contribution >= 4 is 21.6 Å². The molecule has 0 radical (unpaired) electrons. The Morgan fingerprint density at radius 3 is 2.61 bits per heavy atom. The fourth-order valence-corrected chi connectivity index (χ4v) is 2.16. The topological polar surface area (TPSA) is 64.9 Å². The molecule has 0 amide bonds. The van der Waals surface area contributed by atoms with E-state index >= 15 is 0 Å². The van der Waals surface area contributed by atoms with Crippen LogP contribution >= 0.6 is 15.9 Å². The van der Waals surface area contributed by atoms with Crippen LogP contribution < -0.4 is 5.73 Å². The Morgan fingerprint density at radius 1 is 1.28 bits per heavy atom. The molecule has 0 fully saturated rings. The molecule has 0 aliphatic carbocycles. The largest absolute Gasteiger partial charge is 0.399 e. The predicted molar refractivity (Wildman–Crippen MR) is 75.0 cm³/mol. The highest BCUT2D eigenvalue weighted by Gasteiger charge is 2.17. The molecule has 96 valence electrons. The van der Waals surface area contributed by atoms with Gasteiger partial charge in [0.2, 0.25) is 0 Å². The third-order valence-corrected chi connectivity index (χ3v) is 2.78. The van der Waals surface area contributed by atoms with Crippen molar-refractivity contribution in [1.82, 2.24) is 10.1 Å². The molecule has 1 heterocycles. The summed E-state index contributed by atoms with van der Waals surface area (Å²) in [4.78, 5) is 4.39. The van der Waals surface area contributed by atoms with Gasteiger partial charge in [-0.3, -0.25) is 0 Å². The van der Waals surface area contributed by atoms with E-state index in [1.54, 1.807) is 0 Å². The fourth-order valence-electron chi connectivity index (χ4n) is 1.65. The molecule has 0 atom stereocenters. The lowest BCUT2D eigenvalue weighted by Crippen LogP contribution is -2.10. The standard InChI is InChI=1S/C13H16BrN3O/c1-13(2,3)7-11-16-12(18-17-11)8-4-9(14)6-10(15)5-8/h4-6H,7,15H2,1-3H3. The number of nitrogens with zero attached hydrogens (tertiary/aromatic N) is 2. The van der Waals surface area contributed by atoms with Crippen molar-refractivity contribution in [1.29, 1.82) is 0 Å². The summed E-state index contributed by atoms with van der Waals surface area (Å²) in [7, 11) is 0.